The van der Waals surface area contributed by atoms with Gasteiger partial charge in [0.25, 0.3) is 0 Å². The normalized spacial score (nSPS) is 13.1. The maximum absolute atomic E-state index is 11.7. The maximum atomic E-state index is 11.7. The van der Waals surface area contributed by atoms with E-state index in [9.17, 15) is 9.90 Å². The van der Waals surface area contributed by atoms with Crippen LogP contribution in [0.15, 0.2) is 30.3 Å². The number of amides is 1. The molecule has 0 heterocycles. The van der Waals surface area contributed by atoms with Crippen molar-refractivity contribution in [1.82, 2.24) is 10.6 Å². The number of carbonyl (C=O) groups excluding carboxylic acids is 1. The van der Waals surface area contributed by atoms with Crippen molar-refractivity contribution in [3.63, 3.8) is 0 Å². The summed E-state index contributed by atoms with van der Waals surface area (Å²) in [6.07, 6.45) is 0. The van der Waals surface area contributed by atoms with Gasteiger partial charge in [-0.1, -0.05) is 30.3 Å². The molecule has 1 rings (SSSR count). The summed E-state index contributed by atoms with van der Waals surface area (Å²) in [7, 11) is 0. The lowest BCUT2D eigenvalue weighted by Crippen LogP contribution is -2.45. The van der Waals surface area contributed by atoms with Gasteiger partial charge in [-0.15, -0.1) is 0 Å². The molecule has 0 aliphatic carbocycles. The number of aliphatic hydroxyl groups excluding tert-OH is 1. The second-order valence-corrected chi connectivity index (χ2v) is 5.32. The van der Waals surface area contributed by atoms with E-state index in [1.807, 2.05) is 51.1 Å². The molecule has 1 aromatic rings. The summed E-state index contributed by atoms with van der Waals surface area (Å²) in [6.45, 7) is 5.97. The highest BCUT2D eigenvalue weighted by molar-refractivity contribution is 5.78. The van der Waals surface area contributed by atoms with Gasteiger partial charge in [-0.2, -0.15) is 0 Å². The maximum Gasteiger partial charge on any atom is 0.234 e. The molecule has 0 aliphatic rings. The summed E-state index contributed by atoms with van der Waals surface area (Å²) in [5, 5.41) is 15.2. The lowest BCUT2D eigenvalue weighted by molar-refractivity contribution is -0.121. The molecule has 0 bridgehead atoms. The molecule has 0 saturated heterocycles. The molecule has 4 nitrogen and oxygen atoms in total. The monoisotopic (exact) mass is 250 g/mol. The predicted molar refractivity (Wildman–Crippen MR) is 72.2 cm³/mol. The SMILES string of the molecule is CC(C)(C)NC(=O)CNC(CO)c1ccccc1. The summed E-state index contributed by atoms with van der Waals surface area (Å²) in [5.74, 6) is -0.0723. The van der Waals surface area contributed by atoms with Gasteiger partial charge in [-0.3, -0.25) is 10.1 Å². The molecule has 0 radical (unpaired) electrons. The molecular weight excluding hydrogens is 228 g/mol. The molecule has 0 spiro atoms. The highest BCUT2D eigenvalue weighted by atomic mass is 16.3. The van der Waals surface area contributed by atoms with E-state index >= 15 is 0 Å². The van der Waals surface area contributed by atoms with Crippen LogP contribution in [0, 0.1) is 0 Å². The fraction of sp³-hybridized carbons (Fsp3) is 0.500. The molecule has 1 unspecified atom stereocenters. The van der Waals surface area contributed by atoms with E-state index in [4.69, 9.17) is 0 Å². The van der Waals surface area contributed by atoms with Crippen molar-refractivity contribution < 1.29 is 9.90 Å². The van der Waals surface area contributed by atoms with E-state index < -0.39 is 0 Å². The number of aliphatic hydroxyl groups is 1. The van der Waals surface area contributed by atoms with Crippen LogP contribution in [0.5, 0.6) is 0 Å². The average molecular weight is 250 g/mol. The average Bonchev–Trinajstić information content (AvgIpc) is 2.29. The first kappa shape index (κ1) is 14.7. The Kier molecular flexibility index (Phi) is 5.31. The van der Waals surface area contributed by atoms with Gasteiger partial charge in [0.1, 0.15) is 0 Å². The molecule has 18 heavy (non-hydrogen) atoms. The van der Waals surface area contributed by atoms with Crippen molar-refractivity contribution in [2.24, 2.45) is 0 Å². The summed E-state index contributed by atoms with van der Waals surface area (Å²) in [4.78, 5) is 11.7. The summed E-state index contributed by atoms with van der Waals surface area (Å²) >= 11 is 0. The lowest BCUT2D eigenvalue weighted by atomic mass is 10.1. The van der Waals surface area contributed by atoms with Gasteiger partial charge >= 0.3 is 0 Å². The van der Waals surface area contributed by atoms with Gasteiger partial charge in [0, 0.05) is 5.54 Å². The zero-order chi connectivity index (χ0) is 13.6. The number of rotatable bonds is 5. The quantitative estimate of drug-likeness (QED) is 0.736. The smallest absolute Gasteiger partial charge is 0.234 e. The molecule has 1 amide bonds. The molecule has 3 N–H and O–H groups in total. The van der Waals surface area contributed by atoms with Gasteiger partial charge in [0.15, 0.2) is 0 Å². The van der Waals surface area contributed by atoms with Crippen LogP contribution in [0.1, 0.15) is 32.4 Å². The summed E-state index contributed by atoms with van der Waals surface area (Å²) in [6, 6.07) is 9.39. The minimum Gasteiger partial charge on any atom is -0.394 e. The van der Waals surface area contributed by atoms with E-state index in [1.165, 1.54) is 0 Å². The Morgan fingerprint density at radius 1 is 1.28 bits per heavy atom. The van der Waals surface area contributed by atoms with Crippen LogP contribution in [-0.2, 0) is 4.79 Å². The minimum atomic E-state index is -0.236. The third kappa shape index (κ3) is 5.29. The lowest BCUT2D eigenvalue weighted by Gasteiger charge is -2.22. The molecule has 0 aromatic heterocycles. The molecule has 0 aliphatic heterocycles. The zero-order valence-corrected chi connectivity index (χ0v) is 11.2. The molecule has 1 atom stereocenters. The number of carbonyl (C=O) groups is 1. The Labute approximate surface area is 108 Å². The Morgan fingerprint density at radius 3 is 2.39 bits per heavy atom. The van der Waals surface area contributed by atoms with E-state index in [1.54, 1.807) is 0 Å². The van der Waals surface area contributed by atoms with Crippen LogP contribution in [0.4, 0.5) is 0 Å². The van der Waals surface area contributed by atoms with Crippen LogP contribution < -0.4 is 10.6 Å². The van der Waals surface area contributed by atoms with E-state index in [2.05, 4.69) is 10.6 Å². The number of hydrogen-bond acceptors (Lipinski definition) is 3. The van der Waals surface area contributed by atoms with E-state index in [-0.39, 0.29) is 30.6 Å². The minimum absolute atomic E-state index is 0.0349. The highest BCUT2D eigenvalue weighted by Crippen LogP contribution is 2.10. The van der Waals surface area contributed by atoms with Gasteiger partial charge in [0.2, 0.25) is 5.91 Å². The fourth-order valence-corrected chi connectivity index (χ4v) is 1.65. The Hall–Kier alpha value is -1.39. The molecule has 4 heteroatoms. The molecule has 0 fully saturated rings. The van der Waals surface area contributed by atoms with Crippen LogP contribution in [-0.4, -0.2) is 29.7 Å². The van der Waals surface area contributed by atoms with Gasteiger partial charge in [0.05, 0.1) is 19.2 Å². The summed E-state index contributed by atoms with van der Waals surface area (Å²) < 4.78 is 0. The van der Waals surface area contributed by atoms with Crippen LogP contribution >= 0.6 is 0 Å². The highest BCUT2D eigenvalue weighted by Gasteiger charge is 2.15. The predicted octanol–water partition coefficient (Wildman–Crippen LogP) is 1.22. The van der Waals surface area contributed by atoms with Crippen LogP contribution in [0.3, 0.4) is 0 Å². The largest absolute Gasteiger partial charge is 0.394 e. The molecule has 0 saturated carbocycles. The topological polar surface area (TPSA) is 61.4 Å². The molecule has 1 aromatic carbocycles. The van der Waals surface area contributed by atoms with Crippen molar-refractivity contribution >= 4 is 5.91 Å². The van der Waals surface area contributed by atoms with Crippen molar-refractivity contribution in [1.29, 1.82) is 0 Å². The first-order valence-corrected chi connectivity index (χ1v) is 6.12. The second-order valence-electron chi connectivity index (χ2n) is 5.32. The first-order valence-electron chi connectivity index (χ1n) is 6.12. The molecular formula is C14H22N2O2. The van der Waals surface area contributed by atoms with Crippen molar-refractivity contribution in [3.8, 4) is 0 Å². The van der Waals surface area contributed by atoms with Crippen LogP contribution in [0.2, 0.25) is 0 Å². The van der Waals surface area contributed by atoms with Gasteiger partial charge in [-0.05, 0) is 26.3 Å². The van der Waals surface area contributed by atoms with Crippen LogP contribution in [0.25, 0.3) is 0 Å². The standard InChI is InChI=1S/C14H22N2O2/c1-14(2,3)16-13(18)9-15-12(10-17)11-7-5-4-6-8-11/h4-8,12,15,17H,9-10H2,1-3H3,(H,16,18). The van der Waals surface area contributed by atoms with Crippen molar-refractivity contribution in [2.75, 3.05) is 13.2 Å². The number of nitrogens with one attached hydrogen (secondary N) is 2. The third-order valence-corrected chi connectivity index (χ3v) is 2.41. The fourth-order valence-electron chi connectivity index (χ4n) is 1.65. The van der Waals surface area contributed by atoms with Gasteiger partial charge in [-0.25, -0.2) is 0 Å². The van der Waals surface area contributed by atoms with E-state index in [0.29, 0.717) is 0 Å². The zero-order valence-electron chi connectivity index (χ0n) is 11.2. The number of hydrogen-bond donors (Lipinski definition) is 3. The van der Waals surface area contributed by atoms with Gasteiger partial charge < -0.3 is 10.4 Å². The molecule has 100 valence electrons. The Bertz CT molecular complexity index is 371. The van der Waals surface area contributed by atoms with Crippen molar-refractivity contribution in [2.45, 2.75) is 32.4 Å². The Morgan fingerprint density at radius 2 is 1.89 bits per heavy atom. The first-order chi connectivity index (χ1) is 8.42. The third-order valence-electron chi connectivity index (χ3n) is 2.41. The Balaban J connectivity index is 2.48. The van der Waals surface area contributed by atoms with E-state index in [0.717, 1.165) is 5.56 Å². The second kappa shape index (κ2) is 6.52. The number of benzene rings is 1. The summed E-state index contributed by atoms with van der Waals surface area (Å²) in [5.41, 5.74) is 0.740. The van der Waals surface area contributed by atoms with Crippen molar-refractivity contribution in [3.05, 3.63) is 35.9 Å².